The van der Waals surface area contributed by atoms with Crippen LogP contribution in [0.2, 0.25) is 0 Å². The number of ether oxygens (including phenoxy) is 1. The minimum atomic E-state index is 0.0204. The van der Waals surface area contributed by atoms with Gasteiger partial charge in [-0.15, -0.1) is 0 Å². The molecular weight excluding hydrogens is 252 g/mol. The fourth-order valence-corrected chi connectivity index (χ4v) is 3.04. The van der Waals surface area contributed by atoms with Gasteiger partial charge in [0.15, 0.2) is 0 Å². The van der Waals surface area contributed by atoms with Crippen LogP contribution in [0.25, 0.3) is 0 Å². The van der Waals surface area contributed by atoms with Crippen LogP contribution in [0.1, 0.15) is 37.7 Å². The highest BCUT2D eigenvalue weighted by molar-refractivity contribution is 5.94. The molecule has 0 radical (unpaired) electrons. The van der Waals surface area contributed by atoms with Crippen molar-refractivity contribution in [2.75, 3.05) is 18.1 Å². The normalized spacial score (nSPS) is 19.1. The Morgan fingerprint density at radius 3 is 2.90 bits per heavy atom. The first kappa shape index (κ1) is 13.3. The molecule has 0 unspecified atom stereocenters. The maximum absolute atomic E-state index is 12.5. The maximum Gasteiger partial charge on any atom is 0.322 e. The Bertz CT molecular complexity index is 495. The number of amides is 2. The lowest BCUT2D eigenvalue weighted by Gasteiger charge is -2.32. The number of nitrogens with one attached hydrogen (secondary N) is 1. The van der Waals surface area contributed by atoms with Gasteiger partial charge in [-0.3, -0.25) is 4.90 Å². The summed E-state index contributed by atoms with van der Waals surface area (Å²) in [6.45, 7) is 3.22. The van der Waals surface area contributed by atoms with E-state index in [0.29, 0.717) is 19.2 Å². The van der Waals surface area contributed by atoms with E-state index >= 15 is 0 Å². The zero-order valence-electron chi connectivity index (χ0n) is 12.0. The monoisotopic (exact) mass is 274 g/mol. The number of fused-ring (bicyclic) bond motifs is 1. The van der Waals surface area contributed by atoms with Gasteiger partial charge in [-0.2, -0.15) is 0 Å². The second-order valence-corrected chi connectivity index (χ2v) is 5.76. The number of nitrogens with zero attached hydrogens (tertiary/aromatic N) is 1. The lowest BCUT2D eigenvalue weighted by atomic mass is 9.96. The first-order valence-corrected chi connectivity index (χ1v) is 7.55. The highest BCUT2D eigenvalue weighted by atomic mass is 16.5. The number of carbonyl (C=O) groups is 1. The van der Waals surface area contributed by atoms with Crippen LogP contribution in [0.15, 0.2) is 18.2 Å². The van der Waals surface area contributed by atoms with E-state index in [-0.39, 0.29) is 6.03 Å². The molecule has 0 atom stereocenters. The molecule has 1 aliphatic carbocycles. The molecule has 4 heteroatoms. The number of urea groups is 1. The van der Waals surface area contributed by atoms with E-state index in [9.17, 15) is 4.79 Å². The predicted octanol–water partition coefficient (Wildman–Crippen LogP) is 3.24. The van der Waals surface area contributed by atoms with E-state index in [2.05, 4.69) is 5.32 Å². The van der Waals surface area contributed by atoms with Crippen molar-refractivity contribution in [3.8, 4) is 5.75 Å². The molecule has 1 heterocycles. The fraction of sp³-hybridized carbons (Fsp3) is 0.562. The number of aryl methyl sites for hydroxylation is 1. The van der Waals surface area contributed by atoms with E-state index in [1.165, 1.54) is 19.3 Å². The summed E-state index contributed by atoms with van der Waals surface area (Å²) in [5.41, 5.74) is 2.04. The molecule has 1 fully saturated rings. The molecule has 0 aromatic heterocycles. The van der Waals surface area contributed by atoms with Gasteiger partial charge in [-0.05, 0) is 37.5 Å². The van der Waals surface area contributed by atoms with Gasteiger partial charge < -0.3 is 10.1 Å². The standard InChI is InChI=1S/C16H22N2O2/c1-12-7-8-15-14(11-12)18(9-10-20-15)16(19)17-13-5-3-2-4-6-13/h7-8,11,13H,2-6,9-10H2,1H3,(H,17,19). The van der Waals surface area contributed by atoms with Crippen molar-refractivity contribution in [3.05, 3.63) is 23.8 Å². The molecule has 1 aliphatic heterocycles. The second kappa shape index (κ2) is 5.73. The molecule has 1 N–H and O–H groups in total. The summed E-state index contributed by atoms with van der Waals surface area (Å²) in [6, 6.07) is 6.35. The smallest absolute Gasteiger partial charge is 0.322 e. The second-order valence-electron chi connectivity index (χ2n) is 5.76. The van der Waals surface area contributed by atoms with Crippen LogP contribution in [0.4, 0.5) is 10.5 Å². The van der Waals surface area contributed by atoms with Gasteiger partial charge in [0.2, 0.25) is 0 Å². The molecule has 4 nitrogen and oxygen atoms in total. The lowest BCUT2D eigenvalue weighted by molar-refractivity contribution is 0.232. The van der Waals surface area contributed by atoms with E-state index in [4.69, 9.17) is 4.74 Å². The van der Waals surface area contributed by atoms with Crippen molar-refractivity contribution in [1.29, 1.82) is 0 Å². The number of anilines is 1. The number of hydrogen-bond donors (Lipinski definition) is 1. The van der Waals surface area contributed by atoms with Crippen molar-refractivity contribution in [1.82, 2.24) is 5.32 Å². The summed E-state index contributed by atoms with van der Waals surface area (Å²) in [6.07, 6.45) is 5.97. The Kier molecular flexibility index (Phi) is 3.81. The lowest BCUT2D eigenvalue weighted by Crippen LogP contribution is -2.48. The van der Waals surface area contributed by atoms with Crippen LogP contribution in [0.5, 0.6) is 5.75 Å². The molecule has 3 rings (SSSR count). The summed E-state index contributed by atoms with van der Waals surface area (Å²) in [4.78, 5) is 14.3. The van der Waals surface area contributed by atoms with Gasteiger partial charge in [-0.25, -0.2) is 4.79 Å². The van der Waals surface area contributed by atoms with Crippen LogP contribution >= 0.6 is 0 Å². The Balaban J connectivity index is 1.74. The van der Waals surface area contributed by atoms with Crippen molar-refractivity contribution in [3.63, 3.8) is 0 Å². The third kappa shape index (κ3) is 2.74. The Morgan fingerprint density at radius 1 is 1.30 bits per heavy atom. The van der Waals surface area contributed by atoms with E-state index in [1.54, 1.807) is 0 Å². The zero-order chi connectivity index (χ0) is 13.9. The summed E-state index contributed by atoms with van der Waals surface area (Å²) in [5, 5.41) is 3.18. The molecule has 1 saturated carbocycles. The first-order chi connectivity index (χ1) is 9.74. The van der Waals surface area contributed by atoms with Gasteiger partial charge in [-0.1, -0.05) is 25.3 Å². The molecule has 20 heavy (non-hydrogen) atoms. The summed E-state index contributed by atoms with van der Waals surface area (Å²) in [7, 11) is 0. The SMILES string of the molecule is Cc1ccc2c(c1)N(C(=O)NC1CCCCC1)CCO2. The third-order valence-electron chi connectivity index (χ3n) is 4.16. The van der Waals surface area contributed by atoms with E-state index in [1.807, 2.05) is 30.0 Å². The van der Waals surface area contributed by atoms with Crippen LogP contribution < -0.4 is 15.0 Å². The number of benzene rings is 1. The minimum Gasteiger partial charge on any atom is -0.490 e. The van der Waals surface area contributed by atoms with Crippen molar-refractivity contribution >= 4 is 11.7 Å². The van der Waals surface area contributed by atoms with Crippen molar-refractivity contribution in [2.24, 2.45) is 0 Å². The Hall–Kier alpha value is -1.71. The molecular formula is C16H22N2O2. The van der Waals surface area contributed by atoms with Crippen molar-refractivity contribution < 1.29 is 9.53 Å². The topological polar surface area (TPSA) is 41.6 Å². The van der Waals surface area contributed by atoms with E-state index < -0.39 is 0 Å². The summed E-state index contributed by atoms with van der Waals surface area (Å²) in [5.74, 6) is 0.806. The largest absolute Gasteiger partial charge is 0.490 e. The molecule has 1 aromatic carbocycles. The molecule has 2 amide bonds. The van der Waals surface area contributed by atoms with Crippen LogP contribution in [-0.2, 0) is 0 Å². The van der Waals surface area contributed by atoms with Gasteiger partial charge in [0.25, 0.3) is 0 Å². The van der Waals surface area contributed by atoms with Crippen LogP contribution in [0, 0.1) is 6.92 Å². The van der Waals surface area contributed by atoms with Gasteiger partial charge in [0, 0.05) is 6.04 Å². The molecule has 108 valence electrons. The maximum atomic E-state index is 12.5. The quantitative estimate of drug-likeness (QED) is 0.854. The highest BCUT2D eigenvalue weighted by Gasteiger charge is 2.25. The number of hydrogen-bond acceptors (Lipinski definition) is 2. The first-order valence-electron chi connectivity index (χ1n) is 7.55. The van der Waals surface area contributed by atoms with Gasteiger partial charge >= 0.3 is 6.03 Å². The highest BCUT2D eigenvalue weighted by Crippen LogP contribution is 2.32. The van der Waals surface area contributed by atoms with Gasteiger partial charge in [0.05, 0.1) is 12.2 Å². The molecule has 0 spiro atoms. The minimum absolute atomic E-state index is 0.0204. The Morgan fingerprint density at radius 2 is 2.10 bits per heavy atom. The van der Waals surface area contributed by atoms with E-state index in [0.717, 1.165) is 29.8 Å². The van der Waals surface area contributed by atoms with Crippen molar-refractivity contribution in [2.45, 2.75) is 45.1 Å². The fourth-order valence-electron chi connectivity index (χ4n) is 3.04. The Labute approximate surface area is 120 Å². The average molecular weight is 274 g/mol. The average Bonchev–Trinajstić information content (AvgIpc) is 2.47. The summed E-state index contributed by atoms with van der Waals surface area (Å²) < 4.78 is 5.63. The number of rotatable bonds is 1. The summed E-state index contributed by atoms with van der Waals surface area (Å²) >= 11 is 0. The predicted molar refractivity (Wildman–Crippen MR) is 79.4 cm³/mol. The van der Waals surface area contributed by atoms with Crippen LogP contribution in [0.3, 0.4) is 0 Å². The number of carbonyl (C=O) groups excluding carboxylic acids is 1. The van der Waals surface area contributed by atoms with Crippen LogP contribution in [-0.4, -0.2) is 25.2 Å². The molecule has 1 aromatic rings. The third-order valence-corrected chi connectivity index (χ3v) is 4.16. The molecule has 0 saturated heterocycles. The van der Waals surface area contributed by atoms with Gasteiger partial charge in [0.1, 0.15) is 12.4 Å². The zero-order valence-corrected chi connectivity index (χ0v) is 12.0. The molecule has 0 bridgehead atoms. The molecule has 2 aliphatic rings.